The number of nitrogens with one attached hydrogen (secondary N) is 2. The van der Waals surface area contributed by atoms with Gasteiger partial charge in [-0.2, -0.15) is 0 Å². The Morgan fingerprint density at radius 2 is 1.65 bits per heavy atom. The standard InChI is InChI=1S/C27H27N5O2/c1-32(2)15-14-29-27(34)19-10-8-18(9-11-19)20-12-13-22-24(16-20)30-17-23(26(28)33)25(22)31-21-6-4-3-5-7-21/h3-13,16-17H,14-15H2,1-2H3,(H2,28,33)(H,29,34)(H,30,31). The van der Waals surface area contributed by atoms with Crippen LogP contribution in [0.15, 0.2) is 79.0 Å². The van der Waals surface area contributed by atoms with E-state index in [1.165, 1.54) is 6.20 Å². The zero-order valence-electron chi connectivity index (χ0n) is 19.2. The summed E-state index contributed by atoms with van der Waals surface area (Å²) in [6.45, 7) is 1.38. The Labute approximate surface area is 198 Å². The van der Waals surface area contributed by atoms with Crippen LogP contribution in [-0.2, 0) is 0 Å². The molecule has 4 aromatic rings. The van der Waals surface area contributed by atoms with Gasteiger partial charge in [-0.25, -0.2) is 0 Å². The summed E-state index contributed by atoms with van der Waals surface area (Å²) in [5, 5.41) is 7.02. The largest absolute Gasteiger partial charge is 0.365 e. The van der Waals surface area contributed by atoms with Crippen LogP contribution in [0, 0.1) is 0 Å². The van der Waals surface area contributed by atoms with Crippen LogP contribution in [0.5, 0.6) is 0 Å². The van der Waals surface area contributed by atoms with E-state index in [1.807, 2.05) is 91.8 Å². The number of aromatic nitrogens is 1. The number of nitrogens with two attached hydrogens (primary N) is 1. The number of amides is 2. The van der Waals surface area contributed by atoms with Crippen LogP contribution in [0.1, 0.15) is 20.7 Å². The second-order valence-corrected chi connectivity index (χ2v) is 8.27. The molecule has 7 heteroatoms. The van der Waals surface area contributed by atoms with Gasteiger partial charge >= 0.3 is 0 Å². The van der Waals surface area contributed by atoms with Crippen molar-refractivity contribution >= 4 is 34.1 Å². The molecule has 0 atom stereocenters. The molecule has 0 radical (unpaired) electrons. The second-order valence-electron chi connectivity index (χ2n) is 8.27. The lowest BCUT2D eigenvalue weighted by molar-refractivity contribution is 0.0949. The lowest BCUT2D eigenvalue weighted by Crippen LogP contribution is -2.31. The summed E-state index contributed by atoms with van der Waals surface area (Å²) in [4.78, 5) is 30.9. The lowest BCUT2D eigenvalue weighted by atomic mass is 10.0. The molecule has 0 saturated carbocycles. The number of likely N-dealkylation sites (N-methyl/N-ethyl adjacent to an activating group) is 1. The molecule has 172 valence electrons. The van der Waals surface area contributed by atoms with Crippen molar-refractivity contribution in [2.75, 3.05) is 32.5 Å². The van der Waals surface area contributed by atoms with Gasteiger partial charge in [0.15, 0.2) is 0 Å². The molecular formula is C27H27N5O2. The van der Waals surface area contributed by atoms with Gasteiger partial charge in [-0.3, -0.25) is 14.6 Å². The molecule has 3 aromatic carbocycles. The summed E-state index contributed by atoms with van der Waals surface area (Å²) in [5.41, 5.74) is 10.7. The molecule has 0 aliphatic carbocycles. The number of para-hydroxylation sites is 1. The second kappa shape index (κ2) is 10.1. The molecule has 0 aliphatic heterocycles. The average Bonchev–Trinajstić information content (AvgIpc) is 2.84. The third-order valence-electron chi connectivity index (χ3n) is 5.50. The SMILES string of the molecule is CN(C)CCNC(=O)c1ccc(-c2ccc3c(Nc4ccccc4)c(C(N)=O)cnc3c2)cc1. The Bertz CT molecular complexity index is 1320. The minimum atomic E-state index is -0.545. The van der Waals surface area contributed by atoms with Gasteiger partial charge in [0, 0.05) is 35.9 Å². The Balaban J connectivity index is 1.62. The third kappa shape index (κ3) is 5.22. The first kappa shape index (κ1) is 22.9. The van der Waals surface area contributed by atoms with Gasteiger partial charge in [0.05, 0.1) is 16.8 Å². The number of carbonyl (C=O) groups is 2. The smallest absolute Gasteiger partial charge is 0.252 e. The number of pyridine rings is 1. The fourth-order valence-electron chi connectivity index (χ4n) is 3.67. The number of rotatable bonds is 8. The number of nitrogens with zero attached hydrogens (tertiary/aromatic N) is 2. The van der Waals surface area contributed by atoms with E-state index in [-0.39, 0.29) is 5.91 Å². The van der Waals surface area contributed by atoms with E-state index < -0.39 is 5.91 Å². The van der Waals surface area contributed by atoms with E-state index in [1.54, 1.807) is 0 Å². The zero-order chi connectivity index (χ0) is 24.1. The minimum absolute atomic E-state index is 0.0933. The maximum Gasteiger partial charge on any atom is 0.252 e. The van der Waals surface area contributed by atoms with Crippen molar-refractivity contribution in [3.63, 3.8) is 0 Å². The summed E-state index contributed by atoms with van der Waals surface area (Å²) in [6, 6.07) is 22.9. The van der Waals surface area contributed by atoms with E-state index >= 15 is 0 Å². The average molecular weight is 454 g/mol. The zero-order valence-corrected chi connectivity index (χ0v) is 19.2. The van der Waals surface area contributed by atoms with Crippen molar-refractivity contribution in [3.8, 4) is 11.1 Å². The quantitative estimate of drug-likeness (QED) is 0.374. The summed E-state index contributed by atoms with van der Waals surface area (Å²) in [7, 11) is 3.93. The van der Waals surface area contributed by atoms with Gasteiger partial charge in [0.2, 0.25) is 0 Å². The summed E-state index contributed by atoms with van der Waals surface area (Å²) in [5.74, 6) is -0.638. The first-order valence-corrected chi connectivity index (χ1v) is 11.0. The summed E-state index contributed by atoms with van der Waals surface area (Å²) < 4.78 is 0. The van der Waals surface area contributed by atoms with E-state index in [2.05, 4.69) is 15.6 Å². The van der Waals surface area contributed by atoms with Crippen molar-refractivity contribution in [1.82, 2.24) is 15.2 Å². The highest BCUT2D eigenvalue weighted by Crippen LogP contribution is 2.32. The van der Waals surface area contributed by atoms with Gasteiger partial charge in [0.1, 0.15) is 0 Å². The van der Waals surface area contributed by atoms with E-state index in [9.17, 15) is 9.59 Å². The van der Waals surface area contributed by atoms with Crippen molar-refractivity contribution < 1.29 is 9.59 Å². The lowest BCUT2D eigenvalue weighted by Gasteiger charge is -2.14. The Morgan fingerprint density at radius 1 is 0.941 bits per heavy atom. The van der Waals surface area contributed by atoms with E-state index in [0.29, 0.717) is 23.4 Å². The third-order valence-corrected chi connectivity index (χ3v) is 5.50. The first-order chi connectivity index (χ1) is 16.4. The Kier molecular flexibility index (Phi) is 6.85. The monoisotopic (exact) mass is 453 g/mol. The fourth-order valence-corrected chi connectivity index (χ4v) is 3.67. The van der Waals surface area contributed by atoms with E-state index in [4.69, 9.17) is 5.73 Å². The molecule has 0 fully saturated rings. The van der Waals surface area contributed by atoms with Crippen LogP contribution >= 0.6 is 0 Å². The molecule has 1 heterocycles. The molecule has 0 unspecified atom stereocenters. The summed E-state index contributed by atoms with van der Waals surface area (Å²) >= 11 is 0. The van der Waals surface area contributed by atoms with Crippen molar-refractivity contribution in [3.05, 3.63) is 90.1 Å². The highest BCUT2D eigenvalue weighted by Gasteiger charge is 2.14. The van der Waals surface area contributed by atoms with Gasteiger partial charge in [-0.05, 0) is 55.6 Å². The number of anilines is 2. The molecule has 7 nitrogen and oxygen atoms in total. The summed E-state index contributed by atoms with van der Waals surface area (Å²) in [6.07, 6.45) is 1.50. The van der Waals surface area contributed by atoms with Gasteiger partial charge in [0.25, 0.3) is 11.8 Å². The molecule has 2 amide bonds. The normalized spacial score (nSPS) is 10.9. The topological polar surface area (TPSA) is 100 Å². The molecule has 1 aromatic heterocycles. The first-order valence-electron chi connectivity index (χ1n) is 11.0. The molecule has 0 spiro atoms. The predicted octanol–water partition coefficient (Wildman–Crippen LogP) is 4.04. The number of carbonyl (C=O) groups excluding carboxylic acids is 2. The predicted molar refractivity (Wildman–Crippen MR) is 136 cm³/mol. The van der Waals surface area contributed by atoms with Crippen LogP contribution < -0.4 is 16.4 Å². The maximum absolute atomic E-state index is 12.3. The van der Waals surface area contributed by atoms with Crippen LogP contribution in [-0.4, -0.2) is 48.9 Å². The number of hydrogen-bond acceptors (Lipinski definition) is 5. The van der Waals surface area contributed by atoms with Crippen LogP contribution in [0.3, 0.4) is 0 Å². The molecular weight excluding hydrogens is 426 g/mol. The Hall–Kier alpha value is -4.23. The van der Waals surface area contributed by atoms with Crippen LogP contribution in [0.2, 0.25) is 0 Å². The molecule has 34 heavy (non-hydrogen) atoms. The molecule has 0 bridgehead atoms. The van der Waals surface area contributed by atoms with Gasteiger partial charge < -0.3 is 21.3 Å². The molecule has 0 saturated heterocycles. The van der Waals surface area contributed by atoms with Crippen molar-refractivity contribution in [2.24, 2.45) is 5.73 Å². The number of fused-ring (bicyclic) bond motifs is 1. The number of primary amides is 1. The molecule has 4 rings (SSSR count). The molecule has 0 aliphatic rings. The number of hydrogen-bond donors (Lipinski definition) is 3. The van der Waals surface area contributed by atoms with E-state index in [0.717, 1.165) is 34.3 Å². The highest BCUT2D eigenvalue weighted by molar-refractivity contribution is 6.08. The highest BCUT2D eigenvalue weighted by atomic mass is 16.2. The van der Waals surface area contributed by atoms with Crippen molar-refractivity contribution in [1.29, 1.82) is 0 Å². The van der Waals surface area contributed by atoms with Crippen LogP contribution in [0.25, 0.3) is 22.0 Å². The maximum atomic E-state index is 12.3. The van der Waals surface area contributed by atoms with Crippen molar-refractivity contribution in [2.45, 2.75) is 0 Å². The van der Waals surface area contributed by atoms with Gasteiger partial charge in [-0.1, -0.05) is 42.5 Å². The Morgan fingerprint density at radius 3 is 2.32 bits per heavy atom. The van der Waals surface area contributed by atoms with Crippen LogP contribution in [0.4, 0.5) is 11.4 Å². The number of benzene rings is 3. The van der Waals surface area contributed by atoms with Gasteiger partial charge in [-0.15, -0.1) is 0 Å². The molecule has 4 N–H and O–H groups in total. The fraction of sp³-hybridized carbons (Fsp3) is 0.148. The minimum Gasteiger partial charge on any atom is -0.365 e.